The van der Waals surface area contributed by atoms with Crippen LogP contribution in [0.5, 0.6) is 0 Å². The molecule has 3 rings (SSSR count). The van der Waals surface area contributed by atoms with Gasteiger partial charge < -0.3 is 19.7 Å². The summed E-state index contributed by atoms with van der Waals surface area (Å²) in [6.07, 6.45) is 6.94. The van der Waals surface area contributed by atoms with Crippen LogP contribution >= 0.6 is 0 Å². The third kappa shape index (κ3) is 6.36. The Morgan fingerprint density at radius 1 is 1.33 bits per heavy atom. The van der Waals surface area contributed by atoms with E-state index in [1.807, 2.05) is 0 Å². The Bertz CT molecular complexity index is 609. The number of hydrogen-bond acceptors (Lipinski definition) is 3. The van der Waals surface area contributed by atoms with Crippen molar-refractivity contribution < 1.29 is 9.47 Å². The topological polar surface area (TPSA) is 46.1 Å². The van der Waals surface area contributed by atoms with Crippen LogP contribution in [0.1, 0.15) is 38.2 Å². The van der Waals surface area contributed by atoms with Crippen molar-refractivity contribution in [3.63, 3.8) is 0 Å². The number of rotatable bonds is 8. The smallest absolute Gasteiger partial charge is 0.194 e. The first-order valence-electron chi connectivity index (χ1n) is 10.3. The molecule has 0 aromatic heterocycles. The molecule has 2 aliphatic rings. The minimum Gasteiger partial charge on any atom is -0.379 e. The summed E-state index contributed by atoms with van der Waals surface area (Å²) in [6.45, 7) is 8.08. The molecule has 1 aromatic carbocycles. The van der Waals surface area contributed by atoms with E-state index in [2.05, 4.69) is 53.5 Å². The lowest BCUT2D eigenvalue weighted by Crippen LogP contribution is -2.43. The van der Waals surface area contributed by atoms with Crippen LogP contribution < -0.4 is 5.32 Å². The zero-order chi connectivity index (χ0) is 18.7. The quantitative estimate of drug-likeness (QED) is 0.433. The first kappa shape index (κ1) is 19.9. The van der Waals surface area contributed by atoms with E-state index in [0.29, 0.717) is 6.10 Å². The number of ether oxygens (including phenoxy) is 2. The standard InChI is InChI=1S/C22H33N3O2/c1-2-23-22(24-13-7-16-26-18-21-10-6-17-27-21)25-14-11-20(12-15-25)19-8-4-3-5-9-19/h3-5,8-9,11,21H,2,6-7,10,12-18H2,1H3,(H,23,24). The van der Waals surface area contributed by atoms with Gasteiger partial charge in [-0.2, -0.15) is 0 Å². The molecule has 0 spiro atoms. The Labute approximate surface area is 163 Å². The average Bonchev–Trinajstić information content (AvgIpc) is 3.24. The molecule has 27 heavy (non-hydrogen) atoms. The molecule has 1 unspecified atom stereocenters. The second-order valence-corrected chi connectivity index (χ2v) is 7.09. The zero-order valence-corrected chi connectivity index (χ0v) is 16.5. The SMILES string of the molecule is CCNC(=NCCCOCC1CCCO1)N1CC=C(c2ccccc2)CC1. The molecule has 1 aromatic rings. The highest BCUT2D eigenvalue weighted by Gasteiger charge is 2.16. The van der Waals surface area contributed by atoms with Gasteiger partial charge in [-0.05, 0) is 43.7 Å². The third-order valence-electron chi connectivity index (χ3n) is 5.02. The highest BCUT2D eigenvalue weighted by atomic mass is 16.5. The van der Waals surface area contributed by atoms with Gasteiger partial charge in [0.1, 0.15) is 0 Å². The van der Waals surface area contributed by atoms with E-state index in [1.165, 1.54) is 17.6 Å². The Hall–Kier alpha value is -1.85. The number of nitrogens with zero attached hydrogens (tertiary/aromatic N) is 2. The van der Waals surface area contributed by atoms with Gasteiger partial charge in [0.15, 0.2) is 5.96 Å². The second kappa shape index (κ2) is 11.1. The molecule has 5 nitrogen and oxygen atoms in total. The second-order valence-electron chi connectivity index (χ2n) is 7.09. The molecular formula is C22H33N3O2. The van der Waals surface area contributed by atoms with Crippen LogP contribution in [-0.2, 0) is 9.47 Å². The maximum absolute atomic E-state index is 5.73. The molecule has 1 N–H and O–H groups in total. The maximum Gasteiger partial charge on any atom is 0.194 e. The number of aliphatic imine (C=N–C) groups is 1. The molecule has 2 heterocycles. The summed E-state index contributed by atoms with van der Waals surface area (Å²) in [5.74, 6) is 1.01. The van der Waals surface area contributed by atoms with Crippen LogP contribution in [0, 0.1) is 0 Å². The van der Waals surface area contributed by atoms with Crippen molar-refractivity contribution in [1.29, 1.82) is 0 Å². The lowest BCUT2D eigenvalue weighted by atomic mass is 10.00. The van der Waals surface area contributed by atoms with Gasteiger partial charge in [0.05, 0.1) is 12.7 Å². The Kier molecular flexibility index (Phi) is 8.18. The molecule has 2 aliphatic heterocycles. The van der Waals surface area contributed by atoms with Gasteiger partial charge in [-0.15, -0.1) is 0 Å². The van der Waals surface area contributed by atoms with Crippen LogP contribution in [0.3, 0.4) is 0 Å². The maximum atomic E-state index is 5.73. The molecule has 148 valence electrons. The van der Waals surface area contributed by atoms with Gasteiger partial charge in [-0.25, -0.2) is 0 Å². The van der Waals surface area contributed by atoms with Crippen molar-refractivity contribution in [2.75, 3.05) is 46.0 Å². The summed E-state index contributed by atoms with van der Waals surface area (Å²) >= 11 is 0. The van der Waals surface area contributed by atoms with Crippen LogP contribution in [0.2, 0.25) is 0 Å². The van der Waals surface area contributed by atoms with E-state index in [-0.39, 0.29) is 0 Å². The molecule has 0 amide bonds. The molecule has 1 atom stereocenters. The van der Waals surface area contributed by atoms with Crippen LogP contribution in [-0.4, -0.2) is 63.0 Å². The number of guanidine groups is 1. The molecule has 0 saturated carbocycles. The lowest BCUT2D eigenvalue weighted by Gasteiger charge is -2.30. The Morgan fingerprint density at radius 2 is 2.22 bits per heavy atom. The predicted octanol–water partition coefficient (Wildman–Crippen LogP) is 3.33. The average molecular weight is 372 g/mol. The van der Waals surface area contributed by atoms with E-state index in [9.17, 15) is 0 Å². The van der Waals surface area contributed by atoms with Gasteiger partial charge >= 0.3 is 0 Å². The van der Waals surface area contributed by atoms with E-state index in [1.54, 1.807) is 0 Å². The van der Waals surface area contributed by atoms with Crippen molar-refractivity contribution >= 4 is 11.5 Å². The van der Waals surface area contributed by atoms with E-state index >= 15 is 0 Å². The van der Waals surface area contributed by atoms with Crippen LogP contribution in [0.15, 0.2) is 41.4 Å². The van der Waals surface area contributed by atoms with Gasteiger partial charge in [-0.3, -0.25) is 4.99 Å². The largest absolute Gasteiger partial charge is 0.379 e. The van der Waals surface area contributed by atoms with Crippen molar-refractivity contribution in [1.82, 2.24) is 10.2 Å². The van der Waals surface area contributed by atoms with Crippen molar-refractivity contribution in [2.24, 2.45) is 4.99 Å². The minimum atomic E-state index is 0.310. The molecule has 0 radical (unpaired) electrons. The van der Waals surface area contributed by atoms with Gasteiger partial charge in [0.25, 0.3) is 0 Å². The van der Waals surface area contributed by atoms with E-state index in [4.69, 9.17) is 14.5 Å². The number of benzene rings is 1. The van der Waals surface area contributed by atoms with Crippen molar-refractivity contribution in [3.8, 4) is 0 Å². The minimum absolute atomic E-state index is 0.310. The van der Waals surface area contributed by atoms with Gasteiger partial charge in [-0.1, -0.05) is 36.4 Å². The van der Waals surface area contributed by atoms with Crippen LogP contribution in [0.4, 0.5) is 0 Å². The van der Waals surface area contributed by atoms with E-state index < -0.39 is 0 Å². The van der Waals surface area contributed by atoms with E-state index in [0.717, 1.165) is 71.2 Å². The van der Waals surface area contributed by atoms with Gasteiger partial charge in [0.2, 0.25) is 0 Å². The zero-order valence-electron chi connectivity index (χ0n) is 16.5. The van der Waals surface area contributed by atoms with Gasteiger partial charge in [0, 0.05) is 39.4 Å². The first-order valence-corrected chi connectivity index (χ1v) is 10.3. The van der Waals surface area contributed by atoms with Crippen molar-refractivity contribution in [2.45, 2.75) is 38.7 Å². The highest BCUT2D eigenvalue weighted by Crippen LogP contribution is 2.22. The van der Waals surface area contributed by atoms with Crippen LogP contribution in [0.25, 0.3) is 5.57 Å². The molecule has 1 saturated heterocycles. The summed E-state index contributed by atoms with van der Waals surface area (Å²) in [4.78, 5) is 7.13. The first-order chi connectivity index (χ1) is 13.4. The fourth-order valence-corrected chi connectivity index (χ4v) is 3.54. The molecular weight excluding hydrogens is 338 g/mol. The molecule has 0 bridgehead atoms. The summed E-state index contributed by atoms with van der Waals surface area (Å²) in [5, 5.41) is 3.43. The molecule has 5 heteroatoms. The summed E-state index contributed by atoms with van der Waals surface area (Å²) in [6, 6.07) is 10.7. The fourth-order valence-electron chi connectivity index (χ4n) is 3.54. The Morgan fingerprint density at radius 3 is 2.93 bits per heavy atom. The predicted molar refractivity (Wildman–Crippen MR) is 111 cm³/mol. The monoisotopic (exact) mass is 371 g/mol. The number of hydrogen-bond donors (Lipinski definition) is 1. The molecule has 0 aliphatic carbocycles. The third-order valence-corrected chi connectivity index (χ3v) is 5.02. The molecule has 1 fully saturated rings. The summed E-state index contributed by atoms with van der Waals surface area (Å²) < 4.78 is 11.3. The number of nitrogens with one attached hydrogen (secondary N) is 1. The summed E-state index contributed by atoms with van der Waals surface area (Å²) in [5.41, 5.74) is 2.77. The highest BCUT2D eigenvalue weighted by molar-refractivity contribution is 5.81. The Balaban J connectivity index is 1.42. The van der Waals surface area contributed by atoms with Crippen molar-refractivity contribution in [3.05, 3.63) is 42.0 Å². The normalized spacial score (nSPS) is 20.6. The lowest BCUT2D eigenvalue weighted by molar-refractivity contribution is 0.0170. The fraction of sp³-hybridized carbons (Fsp3) is 0.591. The summed E-state index contributed by atoms with van der Waals surface area (Å²) in [7, 11) is 0.